The Morgan fingerprint density at radius 2 is 1.64 bits per heavy atom. The molecule has 0 aliphatic carbocycles. The minimum atomic E-state index is -1.67. The van der Waals surface area contributed by atoms with Crippen LogP contribution >= 0.6 is 0 Å². The van der Waals surface area contributed by atoms with E-state index in [2.05, 4.69) is 0 Å². The van der Waals surface area contributed by atoms with E-state index in [-0.39, 0.29) is 0 Å². The van der Waals surface area contributed by atoms with E-state index in [4.69, 9.17) is 10.2 Å². The molecule has 0 aromatic rings. The van der Waals surface area contributed by atoms with E-state index >= 15 is 0 Å². The first kappa shape index (κ1) is 13.5. The van der Waals surface area contributed by atoms with Crippen LogP contribution in [0.1, 0.15) is 20.8 Å². The predicted octanol–water partition coefficient (Wildman–Crippen LogP) is -1.32. The minimum absolute atomic E-state index is 0.572. The van der Waals surface area contributed by atoms with Crippen LogP contribution in [0.25, 0.3) is 0 Å². The van der Waals surface area contributed by atoms with E-state index in [0.29, 0.717) is 0 Å². The third-order valence-electron chi connectivity index (χ3n) is 1.91. The summed E-state index contributed by atoms with van der Waals surface area (Å²) >= 11 is 0. The van der Waals surface area contributed by atoms with Crippen molar-refractivity contribution in [2.45, 2.75) is 39.1 Å². The van der Waals surface area contributed by atoms with Gasteiger partial charge in [0.2, 0.25) is 0 Å². The van der Waals surface area contributed by atoms with Crippen molar-refractivity contribution in [3.63, 3.8) is 0 Å². The van der Waals surface area contributed by atoms with Crippen molar-refractivity contribution in [1.82, 2.24) is 0 Å². The van der Waals surface area contributed by atoms with Gasteiger partial charge >= 0.3 is 0 Å². The van der Waals surface area contributed by atoms with Gasteiger partial charge in [0.1, 0.15) is 18.3 Å². The summed E-state index contributed by atoms with van der Waals surface area (Å²) in [5, 5.41) is 36.1. The summed E-state index contributed by atoms with van der Waals surface area (Å²) in [6, 6.07) is 0. The summed E-state index contributed by atoms with van der Waals surface area (Å²) in [5.41, 5.74) is -0.796. The summed E-state index contributed by atoms with van der Waals surface area (Å²) in [7, 11) is 0. The molecule has 4 N–H and O–H groups in total. The smallest absolute Gasteiger partial charge is 0.169 e. The third kappa shape index (κ3) is 3.34. The quantitative estimate of drug-likeness (QED) is 0.457. The second kappa shape index (κ2) is 4.84. The zero-order chi connectivity index (χ0) is 11.5. The highest BCUT2D eigenvalue weighted by atomic mass is 16.4. The van der Waals surface area contributed by atoms with Gasteiger partial charge in [0.15, 0.2) is 5.78 Å². The average molecular weight is 206 g/mol. The fourth-order valence-corrected chi connectivity index (χ4v) is 0.917. The molecule has 0 fully saturated rings. The van der Waals surface area contributed by atoms with Crippen molar-refractivity contribution in [3.8, 4) is 0 Å². The molecule has 14 heavy (non-hydrogen) atoms. The summed E-state index contributed by atoms with van der Waals surface area (Å²) in [5.74, 6) is -0.572. The number of carbonyl (C=O) groups is 1. The highest BCUT2D eigenvalue weighted by Gasteiger charge is 2.35. The molecule has 0 heterocycles. The van der Waals surface area contributed by atoms with Gasteiger partial charge in [-0.15, -0.1) is 0 Å². The highest BCUT2D eigenvalue weighted by molar-refractivity contribution is 5.88. The number of ketones is 1. The molecule has 84 valence electrons. The van der Waals surface area contributed by atoms with Gasteiger partial charge in [-0.3, -0.25) is 4.79 Å². The maximum absolute atomic E-state index is 11.4. The van der Waals surface area contributed by atoms with Gasteiger partial charge in [-0.25, -0.2) is 0 Å². The molecular weight excluding hydrogens is 188 g/mol. The van der Waals surface area contributed by atoms with Crippen molar-refractivity contribution < 1.29 is 25.2 Å². The molecule has 0 spiro atoms. The maximum Gasteiger partial charge on any atom is 0.169 e. The largest absolute Gasteiger partial charge is 0.394 e. The van der Waals surface area contributed by atoms with Crippen LogP contribution < -0.4 is 0 Å². The molecule has 3 atom stereocenters. The number of carbonyl (C=O) groups excluding carboxylic acids is 1. The number of Topliss-reactive ketones (excluding diaryl/α,β-unsaturated/α-hetero) is 1. The fraction of sp³-hybridized carbons (Fsp3) is 0.889. The van der Waals surface area contributed by atoms with Crippen LogP contribution in [0, 0.1) is 5.41 Å². The first-order valence-corrected chi connectivity index (χ1v) is 4.41. The van der Waals surface area contributed by atoms with Crippen LogP contribution in [0.2, 0.25) is 0 Å². The van der Waals surface area contributed by atoms with Crippen molar-refractivity contribution >= 4 is 5.78 Å². The lowest BCUT2D eigenvalue weighted by molar-refractivity contribution is -0.147. The van der Waals surface area contributed by atoms with Crippen LogP contribution in [0.5, 0.6) is 0 Å². The van der Waals surface area contributed by atoms with Crippen LogP contribution in [0.3, 0.4) is 0 Å². The van der Waals surface area contributed by atoms with Crippen LogP contribution in [-0.4, -0.2) is 51.1 Å². The van der Waals surface area contributed by atoms with Gasteiger partial charge < -0.3 is 20.4 Å². The number of aliphatic hydroxyl groups excluding tert-OH is 4. The summed E-state index contributed by atoms with van der Waals surface area (Å²) in [6.07, 6.45) is -4.82. The Hall–Kier alpha value is -0.490. The van der Waals surface area contributed by atoms with E-state index < -0.39 is 36.1 Å². The zero-order valence-corrected chi connectivity index (χ0v) is 8.64. The Morgan fingerprint density at radius 3 is 1.93 bits per heavy atom. The lowest BCUT2D eigenvalue weighted by Crippen LogP contribution is -2.47. The van der Waals surface area contributed by atoms with Crippen LogP contribution in [0.4, 0.5) is 0 Å². The van der Waals surface area contributed by atoms with Gasteiger partial charge in [0, 0.05) is 5.41 Å². The van der Waals surface area contributed by atoms with Gasteiger partial charge in [-0.05, 0) is 0 Å². The van der Waals surface area contributed by atoms with E-state index in [1.54, 1.807) is 20.8 Å². The summed E-state index contributed by atoms with van der Waals surface area (Å²) in [4.78, 5) is 11.4. The number of rotatable bonds is 4. The molecule has 0 saturated heterocycles. The number of aliphatic hydroxyl groups is 4. The van der Waals surface area contributed by atoms with Crippen molar-refractivity contribution in [1.29, 1.82) is 0 Å². The lowest BCUT2D eigenvalue weighted by Gasteiger charge is -2.26. The third-order valence-corrected chi connectivity index (χ3v) is 1.91. The molecule has 0 aromatic carbocycles. The van der Waals surface area contributed by atoms with E-state index in [1.165, 1.54) is 0 Å². The van der Waals surface area contributed by atoms with Gasteiger partial charge in [0.25, 0.3) is 0 Å². The molecule has 5 heteroatoms. The van der Waals surface area contributed by atoms with Gasteiger partial charge in [-0.2, -0.15) is 0 Å². The molecule has 0 aliphatic rings. The maximum atomic E-state index is 11.4. The monoisotopic (exact) mass is 206 g/mol. The van der Waals surface area contributed by atoms with E-state index in [9.17, 15) is 15.0 Å². The molecular formula is C9H18O5. The second-order valence-electron chi connectivity index (χ2n) is 4.30. The molecule has 0 amide bonds. The van der Waals surface area contributed by atoms with E-state index in [0.717, 1.165) is 0 Å². The Morgan fingerprint density at radius 1 is 1.21 bits per heavy atom. The van der Waals surface area contributed by atoms with Gasteiger partial charge in [0.05, 0.1) is 6.61 Å². The minimum Gasteiger partial charge on any atom is -0.394 e. The Labute approximate surface area is 83.0 Å². The Bertz CT molecular complexity index is 196. The Kier molecular flexibility index (Phi) is 4.67. The SMILES string of the molecule is CC(C)(C)C(=O)[C@H](O)[C@@H](O)[C@H](O)CO. The zero-order valence-electron chi connectivity index (χ0n) is 8.64. The number of hydrogen-bond donors (Lipinski definition) is 4. The summed E-state index contributed by atoms with van der Waals surface area (Å²) in [6.45, 7) is 4.08. The second-order valence-corrected chi connectivity index (χ2v) is 4.30. The van der Waals surface area contributed by atoms with Crippen molar-refractivity contribution in [2.24, 2.45) is 5.41 Å². The lowest BCUT2D eigenvalue weighted by atomic mass is 9.85. The topological polar surface area (TPSA) is 98.0 Å². The molecule has 0 bridgehead atoms. The molecule has 0 aliphatic heterocycles. The molecule has 0 saturated carbocycles. The molecule has 0 aromatic heterocycles. The molecule has 0 unspecified atom stereocenters. The molecule has 0 rings (SSSR count). The standard InChI is InChI=1S/C9H18O5/c1-9(2,3)8(14)7(13)6(12)5(11)4-10/h5-7,10-13H,4H2,1-3H3/t5-,6+,7-/m1/s1. The summed E-state index contributed by atoms with van der Waals surface area (Å²) < 4.78 is 0. The first-order valence-electron chi connectivity index (χ1n) is 4.41. The number of hydrogen-bond acceptors (Lipinski definition) is 5. The predicted molar refractivity (Wildman–Crippen MR) is 49.6 cm³/mol. The van der Waals surface area contributed by atoms with Gasteiger partial charge in [-0.1, -0.05) is 20.8 Å². The van der Waals surface area contributed by atoms with Crippen molar-refractivity contribution in [2.75, 3.05) is 6.61 Å². The van der Waals surface area contributed by atoms with E-state index in [1.807, 2.05) is 0 Å². The average Bonchev–Trinajstić information content (AvgIpc) is 2.11. The molecule has 5 nitrogen and oxygen atoms in total. The normalized spacial score (nSPS) is 18.8. The van der Waals surface area contributed by atoms with Crippen molar-refractivity contribution in [3.05, 3.63) is 0 Å². The van der Waals surface area contributed by atoms with Crippen LogP contribution in [0.15, 0.2) is 0 Å². The fourth-order valence-electron chi connectivity index (χ4n) is 0.917. The first-order chi connectivity index (χ1) is 6.21. The molecule has 0 radical (unpaired) electrons. The Balaban J connectivity index is 4.47. The van der Waals surface area contributed by atoms with Crippen LogP contribution in [-0.2, 0) is 4.79 Å². The highest BCUT2D eigenvalue weighted by Crippen LogP contribution is 2.19.